The summed E-state index contributed by atoms with van der Waals surface area (Å²) in [6.07, 6.45) is 1.68. The molecule has 1 saturated carbocycles. The van der Waals surface area contributed by atoms with Gasteiger partial charge >= 0.3 is 6.18 Å². The van der Waals surface area contributed by atoms with Crippen LogP contribution in [0.4, 0.5) is 18.9 Å². The molecular formula is C19H13F3N2O2. The van der Waals surface area contributed by atoms with Crippen LogP contribution in [0.1, 0.15) is 12.0 Å². The number of benzene rings is 1. The molecular weight excluding hydrogens is 345 g/mol. The van der Waals surface area contributed by atoms with Crippen molar-refractivity contribution >= 4 is 28.4 Å². The van der Waals surface area contributed by atoms with E-state index >= 15 is 0 Å². The Labute approximate surface area is 146 Å². The van der Waals surface area contributed by atoms with Gasteiger partial charge in [-0.1, -0.05) is 18.2 Å². The van der Waals surface area contributed by atoms with Crippen LogP contribution in [0.3, 0.4) is 0 Å². The Morgan fingerprint density at radius 3 is 2.27 bits per heavy atom. The van der Waals surface area contributed by atoms with E-state index in [1.807, 2.05) is 12.2 Å². The third kappa shape index (κ3) is 1.94. The van der Waals surface area contributed by atoms with Gasteiger partial charge in [0.2, 0.25) is 11.8 Å². The maximum absolute atomic E-state index is 12.9. The normalized spacial score (nSPS) is 29.9. The number of hydrogen-bond acceptors (Lipinski definition) is 3. The van der Waals surface area contributed by atoms with Crippen molar-refractivity contribution in [3.05, 3.63) is 48.2 Å². The highest BCUT2D eigenvalue weighted by molar-refractivity contribution is 6.25. The number of rotatable bonds is 1. The summed E-state index contributed by atoms with van der Waals surface area (Å²) < 4.78 is 38.8. The summed E-state index contributed by atoms with van der Waals surface area (Å²) in [5.41, 5.74) is -0.392. The number of nitrogens with zero attached hydrogens (tertiary/aromatic N) is 2. The van der Waals surface area contributed by atoms with Gasteiger partial charge in [-0.15, -0.1) is 0 Å². The summed E-state index contributed by atoms with van der Waals surface area (Å²) in [4.78, 5) is 31.0. The number of imide groups is 1. The first kappa shape index (κ1) is 15.5. The van der Waals surface area contributed by atoms with E-state index in [1.54, 1.807) is 0 Å². The van der Waals surface area contributed by atoms with Crippen LogP contribution in [-0.4, -0.2) is 16.8 Å². The average molecular weight is 358 g/mol. The lowest BCUT2D eigenvalue weighted by Crippen LogP contribution is -2.33. The van der Waals surface area contributed by atoms with Gasteiger partial charge < -0.3 is 0 Å². The van der Waals surface area contributed by atoms with Gasteiger partial charge in [-0.25, -0.2) is 4.90 Å². The highest BCUT2D eigenvalue weighted by Crippen LogP contribution is 2.53. The van der Waals surface area contributed by atoms with Gasteiger partial charge in [0.25, 0.3) is 0 Å². The number of aromatic nitrogens is 1. The second-order valence-electron chi connectivity index (χ2n) is 7.07. The zero-order valence-corrected chi connectivity index (χ0v) is 13.4. The molecule has 4 atom stereocenters. The van der Waals surface area contributed by atoms with Gasteiger partial charge in [-0.2, -0.15) is 13.2 Å². The predicted octanol–water partition coefficient (Wildman–Crippen LogP) is 3.57. The Bertz CT molecular complexity index is 968. The van der Waals surface area contributed by atoms with Gasteiger partial charge in [0, 0.05) is 11.6 Å². The fraction of sp³-hybridized carbons (Fsp3) is 0.316. The van der Waals surface area contributed by atoms with E-state index in [0.717, 1.165) is 23.5 Å². The summed E-state index contributed by atoms with van der Waals surface area (Å²) in [5, 5.41) is 0.363. The molecule has 0 unspecified atom stereocenters. The lowest BCUT2D eigenvalue weighted by molar-refractivity contribution is -0.137. The quantitative estimate of drug-likeness (QED) is 0.579. The second kappa shape index (κ2) is 4.93. The Morgan fingerprint density at radius 2 is 1.65 bits per heavy atom. The van der Waals surface area contributed by atoms with Crippen LogP contribution in [0.2, 0.25) is 0 Å². The third-order valence-electron chi connectivity index (χ3n) is 5.76. The van der Waals surface area contributed by atoms with Crippen LogP contribution in [0.25, 0.3) is 10.9 Å². The van der Waals surface area contributed by atoms with Gasteiger partial charge in [0.05, 0.1) is 28.6 Å². The molecule has 2 heterocycles. The zero-order chi connectivity index (χ0) is 18.2. The molecule has 1 aliphatic heterocycles. The largest absolute Gasteiger partial charge is 0.416 e. The average Bonchev–Trinajstić information content (AvgIpc) is 3.27. The van der Waals surface area contributed by atoms with Crippen molar-refractivity contribution in [2.45, 2.75) is 12.6 Å². The fourth-order valence-electron chi connectivity index (χ4n) is 4.64. The summed E-state index contributed by atoms with van der Waals surface area (Å²) in [6, 6.07) is 4.68. The van der Waals surface area contributed by atoms with Crippen LogP contribution in [0, 0.1) is 23.7 Å². The van der Waals surface area contributed by atoms with Crippen LogP contribution in [-0.2, 0) is 15.8 Å². The Morgan fingerprint density at radius 1 is 1.00 bits per heavy atom. The second-order valence-corrected chi connectivity index (χ2v) is 7.07. The fourth-order valence-corrected chi connectivity index (χ4v) is 4.64. The highest BCUT2D eigenvalue weighted by atomic mass is 19.4. The van der Waals surface area contributed by atoms with E-state index in [2.05, 4.69) is 4.98 Å². The van der Waals surface area contributed by atoms with E-state index in [-0.39, 0.29) is 41.0 Å². The minimum absolute atomic E-state index is 0.0800. The number of fused-ring (bicyclic) bond motifs is 6. The molecule has 7 heteroatoms. The molecule has 2 bridgehead atoms. The Balaban J connectivity index is 1.62. The molecule has 2 fully saturated rings. The van der Waals surface area contributed by atoms with Crippen LogP contribution >= 0.6 is 0 Å². The maximum Gasteiger partial charge on any atom is 0.416 e. The van der Waals surface area contributed by atoms with E-state index < -0.39 is 11.7 Å². The predicted molar refractivity (Wildman–Crippen MR) is 87.0 cm³/mol. The van der Waals surface area contributed by atoms with Crippen LogP contribution < -0.4 is 4.90 Å². The minimum Gasteiger partial charge on any atom is -0.274 e. The van der Waals surface area contributed by atoms with Gasteiger partial charge in [-0.3, -0.25) is 14.6 Å². The molecule has 0 N–H and O–H groups in total. The van der Waals surface area contributed by atoms with Gasteiger partial charge in [0.1, 0.15) is 0 Å². The molecule has 0 spiro atoms. The van der Waals surface area contributed by atoms with Gasteiger partial charge in [0.15, 0.2) is 0 Å². The SMILES string of the molecule is O=C1[C@@H]2[C@H](C(=O)N1c1ccnc3cc(C(F)(F)F)ccc13)[C@@H]1C=C[C@H]2C1. The van der Waals surface area contributed by atoms with E-state index in [1.165, 1.54) is 18.3 Å². The number of carbonyl (C=O) groups is 2. The summed E-state index contributed by atoms with van der Waals surface area (Å²) in [5.74, 6) is -1.06. The highest BCUT2D eigenvalue weighted by Gasteiger charge is 2.59. The first-order chi connectivity index (χ1) is 12.4. The van der Waals surface area contributed by atoms with Crippen molar-refractivity contribution in [2.24, 2.45) is 23.7 Å². The smallest absolute Gasteiger partial charge is 0.274 e. The van der Waals surface area contributed by atoms with Crippen molar-refractivity contribution in [1.82, 2.24) is 4.98 Å². The first-order valence-electron chi connectivity index (χ1n) is 8.38. The number of carbonyl (C=O) groups excluding carboxylic acids is 2. The van der Waals surface area contributed by atoms with Crippen molar-refractivity contribution in [3.8, 4) is 0 Å². The molecule has 1 saturated heterocycles. The van der Waals surface area contributed by atoms with Crippen LogP contribution in [0.15, 0.2) is 42.6 Å². The first-order valence-corrected chi connectivity index (χ1v) is 8.38. The van der Waals surface area contributed by atoms with E-state index in [0.29, 0.717) is 11.1 Å². The van der Waals surface area contributed by atoms with E-state index in [9.17, 15) is 22.8 Å². The molecule has 0 radical (unpaired) electrons. The Hall–Kier alpha value is -2.70. The molecule has 2 amide bonds. The summed E-state index contributed by atoms with van der Waals surface area (Å²) in [6.45, 7) is 0. The van der Waals surface area contributed by atoms with Crippen LogP contribution in [0.5, 0.6) is 0 Å². The third-order valence-corrected chi connectivity index (χ3v) is 5.76. The van der Waals surface area contributed by atoms with Crippen molar-refractivity contribution in [2.75, 3.05) is 4.90 Å². The monoisotopic (exact) mass is 358 g/mol. The van der Waals surface area contributed by atoms with Crippen molar-refractivity contribution in [1.29, 1.82) is 0 Å². The zero-order valence-electron chi connectivity index (χ0n) is 13.4. The minimum atomic E-state index is -4.48. The molecule has 1 aromatic heterocycles. The molecule has 132 valence electrons. The summed E-state index contributed by atoms with van der Waals surface area (Å²) >= 11 is 0. The number of alkyl halides is 3. The molecule has 2 aromatic rings. The lowest BCUT2D eigenvalue weighted by atomic mass is 9.85. The summed E-state index contributed by atoms with van der Waals surface area (Å²) in [7, 11) is 0. The molecule has 4 nitrogen and oxygen atoms in total. The van der Waals surface area contributed by atoms with E-state index in [4.69, 9.17) is 0 Å². The molecule has 26 heavy (non-hydrogen) atoms. The topological polar surface area (TPSA) is 50.3 Å². The number of hydrogen-bond donors (Lipinski definition) is 0. The maximum atomic E-state index is 12.9. The Kier molecular flexibility index (Phi) is 2.95. The van der Waals surface area contributed by atoms with Gasteiger partial charge in [-0.05, 0) is 36.5 Å². The molecule has 3 aliphatic rings. The van der Waals surface area contributed by atoms with Crippen molar-refractivity contribution in [3.63, 3.8) is 0 Å². The lowest BCUT2D eigenvalue weighted by Gasteiger charge is -2.19. The standard InChI is InChI=1S/C19H13F3N2O2/c20-19(21,22)11-3-4-12-13(8-11)23-6-5-14(12)24-17(25)15-9-1-2-10(7-9)16(15)18(24)26/h1-6,8-10,15-16H,7H2/t9-,10+,15-,16+. The molecule has 2 aliphatic carbocycles. The number of allylic oxidation sites excluding steroid dienone is 2. The number of anilines is 1. The number of halogens is 3. The number of amides is 2. The van der Waals surface area contributed by atoms with Crippen molar-refractivity contribution < 1.29 is 22.8 Å². The molecule has 1 aromatic carbocycles. The molecule has 5 rings (SSSR count). The number of pyridine rings is 1.